The van der Waals surface area contributed by atoms with Gasteiger partial charge < -0.3 is 5.11 Å². The molecule has 0 amide bonds. The highest BCUT2D eigenvalue weighted by atomic mass is 35.5. The maximum atomic E-state index is 10.2. The first-order valence-electron chi connectivity index (χ1n) is 4.72. The van der Waals surface area contributed by atoms with Crippen molar-refractivity contribution in [1.29, 1.82) is 0 Å². The van der Waals surface area contributed by atoms with Gasteiger partial charge in [0, 0.05) is 28.0 Å². The number of rotatable bonds is 2. The van der Waals surface area contributed by atoms with Crippen LogP contribution in [-0.2, 0) is 0 Å². The molecule has 0 bridgehead atoms. The van der Waals surface area contributed by atoms with Crippen LogP contribution >= 0.6 is 23.2 Å². The number of aliphatic hydroxyl groups is 1. The normalized spacial score (nSPS) is 12.4. The summed E-state index contributed by atoms with van der Waals surface area (Å²) >= 11 is 12.0. The van der Waals surface area contributed by atoms with Crippen molar-refractivity contribution >= 4 is 23.2 Å². The number of aliphatic hydroxyl groups excluding tert-OH is 1. The molecule has 1 aromatic heterocycles. The van der Waals surface area contributed by atoms with Crippen molar-refractivity contribution in [2.24, 2.45) is 0 Å². The summed E-state index contributed by atoms with van der Waals surface area (Å²) < 4.78 is 0. The van der Waals surface area contributed by atoms with Gasteiger partial charge in [-0.15, -0.1) is 0 Å². The minimum Gasteiger partial charge on any atom is -0.384 e. The summed E-state index contributed by atoms with van der Waals surface area (Å²) in [5.74, 6) is 0. The number of nitrogens with zero attached hydrogens (tertiary/aromatic N) is 1. The van der Waals surface area contributed by atoms with Crippen LogP contribution in [0.4, 0.5) is 0 Å². The van der Waals surface area contributed by atoms with Crippen molar-refractivity contribution in [3.8, 4) is 0 Å². The molecule has 0 fully saturated rings. The van der Waals surface area contributed by atoms with Crippen molar-refractivity contribution in [3.63, 3.8) is 0 Å². The zero-order valence-electron chi connectivity index (χ0n) is 8.27. The van der Waals surface area contributed by atoms with E-state index in [1.807, 2.05) is 0 Å². The van der Waals surface area contributed by atoms with Crippen molar-refractivity contribution in [3.05, 3.63) is 63.9 Å². The lowest BCUT2D eigenvalue weighted by Crippen LogP contribution is -2.01. The molecule has 82 valence electrons. The molecule has 16 heavy (non-hydrogen) atoms. The summed E-state index contributed by atoms with van der Waals surface area (Å²) in [5.41, 5.74) is 1.24. The molecule has 0 aliphatic heterocycles. The molecule has 2 aromatic rings. The van der Waals surface area contributed by atoms with Gasteiger partial charge >= 0.3 is 0 Å². The summed E-state index contributed by atoms with van der Waals surface area (Å²) in [7, 11) is 0. The van der Waals surface area contributed by atoms with Gasteiger partial charge in [-0.25, -0.2) is 0 Å². The van der Waals surface area contributed by atoms with E-state index >= 15 is 0 Å². The van der Waals surface area contributed by atoms with Gasteiger partial charge in [-0.1, -0.05) is 29.3 Å². The molecule has 1 heterocycles. The molecule has 2 nitrogen and oxygen atoms in total. The Bertz CT molecular complexity index is 467. The Morgan fingerprint density at radius 1 is 1.00 bits per heavy atom. The number of aromatic nitrogens is 1. The number of hydrogen-bond acceptors (Lipinski definition) is 2. The predicted molar refractivity (Wildman–Crippen MR) is 64.8 cm³/mol. The van der Waals surface area contributed by atoms with Crippen LogP contribution in [0.15, 0.2) is 42.7 Å². The van der Waals surface area contributed by atoms with Gasteiger partial charge in [-0.3, -0.25) is 4.98 Å². The molecular formula is C12H9Cl2NO. The molecule has 4 heteroatoms. The van der Waals surface area contributed by atoms with Crippen molar-refractivity contribution in [2.75, 3.05) is 0 Å². The molecule has 0 saturated heterocycles. The Morgan fingerprint density at radius 3 is 2.12 bits per heavy atom. The standard InChI is InChI=1S/C12H9Cl2NO/c13-9-2-1-3-10(14)11(9)12(16)8-4-6-15-7-5-8/h1-7,12,16H/t12-/m1/s1. The molecule has 0 spiro atoms. The van der Waals surface area contributed by atoms with Crippen molar-refractivity contribution in [2.45, 2.75) is 6.10 Å². The monoisotopic (exact) mass is 253 g/mol. The molecule has 1 aromatic carbocycles. The van der Waals surface area contributed by atoms with Gasteiger partial charge in [0.2, 0.25) is 0 Å². The third-order valence-corrected chi connectivity index (χ3v) is 2.95. The first kappa shape index (κ1) is 11.4. The van der Waals surface area contributed by atoms with Crippen molar-refractivity contribution < 1.29 is 5.11 Å². The molecule has 0 unspecified atom stereocenters. The van der Waals surface area contributed by atoms with E-state index in [-0.39, 0.29) is 0 Å². The van der Waals surface area contributed by atoms with Crippen LogP contribution in [0, 0.1) is 0 Å². The van der Waals surface area contributed by atoms with Crippen LogP contribution in [0.2, 0.25) is 10.0 Å². The topological polar surface area (TPSA) is 33.1 Å². The Hall–Kier alpha value is -1.09. The molecule has 0 radical (unpaired) electrons. The molecule has 0 aliphatic carbocycles. The van der Waals surface area contributed by atoms with E-state index in [1.165, 1.54) is 0 Å². The summed E-state index contributed by atoms with van der Waals surface area (Å²) in [6.45, 7) is 0. The summed E-state index contributed by atoms with van der Waals surface area (Å²) in [5, 5.41) is 11.1. The highest BCUT2D eigenvalue weighted by Crippen LogP contribution is 2.33. The molecule has 1 atom stereocenters. The smallest absolute Gasteiger partial charge is 0.107 e. The average molecular weight is 254 g/mol. The van der Waals surface area contributed by atoms with Crippen molar-refractivity contribution in [1.82, 2.24) is 4.98 Å². The quantitative estimate of drug-likeness (QED) is 0.890. The summed E-state index contributed by atoms with van der Waals surface area (Å²) in [6, 6.07) is 8.60. The molecule has 0 saturated carbocycles. The molecule has 2 rings (SSSR count). The fourth-order valence-corrected chi connectivity index (χ4v) is 2.09. The fourth-order valence-electron chi connectivity index (χ4n) is 1.48. The van der Waals surface area contributed by atoms with E-state index < -0.39 is 6.10 Å². The lowest BCUT2D eigenvalue weighted by atomic mass is 10.0. The lowest BCUT2D eigenvalue weighted by molar-refractivity contribution is 0.220. The highest BCUT2D eigenvalue weighted by Gasteiger charge is 2.16. The molecule has 1 N–H and O–H groups in total. The largest absolute Gasteiger partial charge is 0.384 e. The molecular weight excluding hydrogens is 245 g/mol. The van der Waals surface area contributed by atoms with Gasteiger partial charge in [-0.05, 0) is 29.8 Å². The zero-order chi connectivity index (χ0) is 11.5. The average Bonchev–Trinajstić information content (AvgIpc) is 2.30. The van der Waals surface area contributed by atoms with E-state index in [0.717, 1.165) is 0 Å². The van der Waals surface area contributed by atoms with Gasteiger partial charge in [-0.2, -0.15) is 0 Å². The number of halogens is 2. The minimum absolute atomic E-state index is 0.455. The second kappa shape index (κ2) is 4.83. The van der Waals surface area contributed by atoms with Crippen LogP contribution in [0.5, 0.6) is 0 Å². The fraction of sp³-hybridized carbons (Fsp3) is 0.0833. The second-order valence-electron chi connectivity index (χ2n) is 3.32. The Balaban J connectivity index is 2.46. The van der Waals surface area contributed by atoms with Crippen LogP contribution < -0.4 is 0 Å². The van der Waals surface area contributed by atoms with E-state index in [0.29, 0.717) is 21.2 Å². The van der Waals surface area contributed by atoms with E-state index in [4.69, 9.17) is 23.2 Å². The summed E-state index contributed by atoms with van der Waals surface area (Å²) in [4.78, 5) is 3.89. The van der Waals surface area contributed by atoms with Crippen LogP contribution in [-0.4, -0.2) is 10.1 Å². The summed E-state index contributed by atoms with van der Waals surface area (Å²) in [6.07, 6.45) is 2.40. The Kier molecular flexibility index (Phi) is 3.44. The minimum atomic E-state index is -0.829. The highest BCUT2D eigenvalue weighted by molar-refractivity contribution is 6.36. The third-order valence-electron chi connectivity index (χ3n) is 2.29. The maximum Gasteiger partial charge on any atom is 0.107 e. The van der Waals surface area contributed by atoms with Gasteiger partial charge in [0.25, 0.3) is 0 Å². The van der Waals surface area contributed by atoms with Gasteiger partial charge in [0.15, 0.2) is 0 Å². The number of pyridine rings is 1. The van der Waals surface area contributed by atoms with E-state index in [9.17, 15) is 5.11 Å². The van der Waals surface area contributed by atoms with E-state index in [2.05, 4.69) is 4.98 Å². The predicted octanol–water partition coefficient (Wildman–Crippen LogP) is 3.47. The first-order valence-corrected chi connectivity index (χ1v) is 5.47. The Labute approximate surface area is 103 Å². The Morgan fingerprint density at radius 2 is 1.56 bits per heavy atom. The maximum absolute atomic E-state index is 10.2. The van der Waals surface area contributed by atoms with Gasteiger partial charge in [0.1, 0.15) is 6.10 Å². The van der Waals surface area contributed by atoms with Gasteiger partial charge in [0.05, 0.1) is 0 Å². The number of benzene rings is 1. The third kappa shape index (κ3) is 2.19. The lowest BCUT2D eigenvalue weighted by Gasteiger charge is -2.14. The van der Waals surface area contributed by atoms with E-state index in [1.54, 1.807) is 42.7 Å². The SMILES string of the molecule is O[C@H](c1ccncc1)c1c(Cl)cccc1Cl. The zero-order valence-corrected chi connectivity index (χ0v) is 9.78. The number of hydrogen-bond donors (Lipinski definition) is 1. The van der Waals surface area contributed by atoms with Crippen LogP contribution in [0.1, 0.15) is 17.2 Å². The second-order valence-corrected chi connectivity index (χ2v) is 4.13. The molecule has 0 aliphatic rings. The van der Waals surface area contributed by atoms with Crippen LogP contribution in [0.3, 0.4) is 0 Å². The first-order chi connectivity index (χ1) is 7.70. The van der Waals surface area contributed by atoms with Crippen LogP contribution in [0.25, 0.3) is 0 Å².